The van der Waals surface area contributed by atoms with E-state index in [1.165, 1.54) is 89.1 Å². The fourth-order valence-corrected chi connectivity index (χ4v) is 26.2. The summed E-state index contributed by atoms with van der Waals surface area (Å²) in [5.74, 6) is 2.61. The largest absolute Gasteiger partial charge is 0.168 e. The molecule has 0 spiro atoms. The van der Waals surface area contributed by atoms with Crippen LogP contribution in [0.4, 0.5) is 0 Å². The highest BCUT2D eigenvalue weighted by molar-refractivity contribution is 9.14. The Morgan fingerprint density at radius 1 is 0.357 bits per heavy atom. The molecular weight excluding hydrogens is 833 g/mol. The maximum absolute atomic E-state index is 2.42. The molecule has 17 rings (SSSR count). The van der Waals surface area contributed by atoms with Crippen LogP contribution in [0.5, 0.6) is 0 Å². The van der Waals surface area contributed by atoms with Crippen LogP contribution in [-0.2, 0) is 37.2 Å². The summed E-state index contributed by atoms with van der Waals surface area (Å²) in [7, 11) is 12.7. The molecule has 9 aromatic carbocycles. The molecule has 9 aromatic rings. The average molecular weight is 861 g/mol. The second kappa shape index (κ2) is 11.5. The quantitative estimate of drug-likeness (QED) is 0.0840. The van der Waals surface area contributed by atoms with Gasteiger partial charge in [0.1, 0.15) is 0 Å². The van der Waals surface area contributed by atoms with Crippen molar-refractivity contribution in [2.24, 2.45) is 0 Å². The summed E-state index contributed by atoms with van der Waals surface area (Å²) < 4.78 is 3.45. The second-order valence-electron chi connectivity index (χ2n) is 15.8. The minimum absolute atomic E-state index is 0.324. The molecule has 0 N–H and O–H groups in total. The summed E-state index contributed by atoms with van der Waals surface area (Å²) >= 11 is 0. The third-order valence-corrected chi connectivity index (χ3v) is 26.7. The van der Waals surface area contributed by atoms with Crippen LogP contribution in [0.25, 0.3) is 64.6 Å². The predicted octanol–water partition coefficient (Wildman–Crippen LogP) is 16.5. The predicted molar refractivity (Wildman–Crippen MR) is 255 cm³/mol. The Balaban J connectivity index is 0.0000000840. The second-order valence-corrected chi connectivity index (χ2v) is 27.8. The molecule has 8 heteroatoms. The molecule has 8 aliphatic rings. The Morgan fingerprint density at radius 2 is 0.857 bits per heavy atom. The summed E-state index contributed by atoms with van der Waals surface area (Å²) in [4.78, 5) is 9.02. The highest BCUT2D eigenvalue weighted by Gasteiger charge is 2.34. The molecule has 0 saturated heterocycles. The maximum atomic E-state index is 2.42. The first-order chi connectivity index (χ1) is 27.8. The fourth-order valence-electron chi connectivity index (χ4n) is 10.9. The Labute approximate surface area is 351 Å². The monoisotopic (exact) mass is 860 g/mol. The van der Waals surface area contributed by atoms with Crippen molar-refractivity contribution in [3.8, 4) is 0 Å². The number of fused-ring (bicyclic) bond motifs is 6. The van der Waals surface area contributed by atoms with Crippen molar-refractivity contribution in [2.45, 2.75) is 66.6 Å². The third-order valence-electron chi connectivity index (χ3n) is 13.1. The lowest BCUT2D eigenvalue weighted by Crippen LogP contribution is -1.89. The zero-order chi connectivity index (χ0) is 36.0. The molecule has 0 nitrogen and oxygen atoms in total. The molecule has 268 valence electrons. The third kappa shape index (κ3) is 4.05. The lowest BCUT2D eigenvalue weighted by Gasteiger charge is -2.12. The van der Waals surface area contributed by atoms with Gasteiger partial charge in [-0.15, -0.1) is 0 Å². The molecule has 0 atom stereocenters. The van der Waals surface area contributed by atoms with Crippen molar-refractivity contribution in [1.29, 1.82) is 0 Å². The van der Waals surface area contributed by atoms with Crippen molar-refractivity contribution >= 4 is 148 Å². The average Bonchev–Trinajstić information content (AvgIpc) is 4.08. The van der Waals surface area contributed by atoms with Gasteiger partial charge in [-0.3, -0.25) is 0 Å². The van der Waals surface area contributed by atoms with Crippen molar-refractivity contribution in [3.05, 3.63) is 139 Å². The van der Waals surface area contributed by atoms with E-state index < -0.39 is 0 Å². The Bertz CT molecular complexity index is 3150. The fraction of sp³-hybridized carbons (Fsp3) is 0.125. The minimum atomic E-state index is 0.324. The van der Waals surface area contributed by atoms with Gasteiger partial charge in [0, 0.05) is 82.2 Å². The summed E-state index contributed by atoms with van der Waals surface area (Å²) in [6.07, 6.45) is 4.86. The van der Waals surface area contributed by atoms with Crippen LogP contribution in [0.3, 0.4) is 0 Å². The molecule has 0 radical (unpaired) electrons. The van der Waals surface area contributed by atoms with Gasteiger partial charge >= 0.3 is 0 Å². The van der Waals surface area contributed by atoms with Gasteiger partial charge in [0.2, 0.25) is 0 Å². The molecule has 6 heterocycles. The molecule has 6 aliphatic heterocycles. The van der Waals surface area contributed by atoms with Gasteiger partial charge in [-0.1, -0.05) is 146 Å². The van der Waals surface area contributed by atoms with Crippen LogP contribution in [0.1, 0.15) is 33.4 Å². The van der Waals surface area contributed by atoms with Gasteiger partial charge in [-0.05, 0) is 116 Å². The van der Waals surface area contributed by atoms with Crippen molar-refractivity contribution in [1.82, 2.24) is 0 Å². The van der Waals surface area contributed by atoms with E-state index in [1.54, 1.807) is 84.5 Å². The van der Waals surface area contributed by atoms with Gasteiger partial charge in [-0.25, -0.2) is 0 Å². The summed E-state index contributed by atoms with van der Waals surface area (Å²) in [5, 5.41) is 18.7. The SMILES string of the molecule is c1cc2c3c(ccc4c3c1CC4)SS2.c1cc2c3c4c5c(ccc6c5c5c3c1CS=5C6)SS=4S2.c1ccc2c3c4c(c5ccccc5c5c4c(c2c1)CC5)SS3. The molecular formula is C48H28S8. The first kappa shape index (κ1) is 32.2. The Morgan fingerprint density at radius 3 is 1.41 bits per heavy atom. The van der Waals surface area contributed by atoms with E-state index in [2.05, 4.69) is 119 Å². The van der Waals surface area contributed by atoms with E-state index >= 15 is 0 Å². The maximum Gasteiger partial charge on any atom is 0.0367 e. The zero-order valence-corrected chi connectivity index (χ0v) is 36.3. The Hall–Kier alpha value is -2.66. The van der Waals surface area contributed by atoms with Crippen LogP contribution in [0.2, 0.25) is 0 Å². The van der Waals surface area contributed by atoms with Gasteiger partial charge in [0.05, 0.1) is 0 Å². The van der Waals surface area contributed by atoms with E-state index in [4.69, 9.17) is 0 Å². The standard InChI is InChI=1S/C20H12S2.C16H8S4.C12H8S2/c1-3-7-15-11(5-1)13-9-10-14-12-6-2-4-8-16(12)20-18(17(13)14)19(15)21-22-20;1-3-9-13-11-7(1)5-19-6-8-2-4-10-14(12(8)15(11)19)16(13)20(17-9)18-10;1-2-8-4-6-10-12-9(13-14-10)5-3-7(1)11(8)12/h1-8H,9-10H2;1-4H,5-6H2;3-6H,1-2H2. The number of benzene rings is 9. The molecule has 0 bridgehead atoms. The van der Waals surface area contributed by atoms with E-state index in [1.807, 2.05) is 43.2 Å². The minimum Gasteiger partial charge on any atom is -0.168 e. The Kier molecular flexibility index (Phi) is 6.64. The van der Waals surface area contributed by atoms with Gasteiger partial charge in [-0.2, -0.15) is 10.5 Å². The lowest BCUT2D eigenvalue weighted by atomic mass is 9.94. The normalized spacial score (nSPS) is 17.7. The van der Waals surface area contributed by atoms with Crippen LogP contribution < -0.4 is 0 Å². The smallest absolute Gasteiger partial charge is 0.0367 e. The highest BCUT2D eigenvalue weighted by atomic mass is 33.5. The number of aryl methyl sites for hydroxylation is 4. The highest BCUT2D eigenvalue weighted by Crippen LogP contribution is 2.68. The number of hydrogen-bond donors (Lipinski definition) is 0. The van der Waals surface area contributed by atoms with Gasteiger partial charge < -0.3 is 0 Å². The van der Waals surface area contributed by atoms with Crippen LogP contribution >= 0.6 is 83.8 Å². The van der Waals surface area contributed by atoms with Crippen molar-refractivity contribution in [3.63, 3.8) is 0 Å². The van der Waals surface area contributed by atoms with Crippen molar-refractivity contribution < 1.29 is 0 Å². The van der Waals surface area contributed by atoms with Crippen LogP contribution in [-0.4, -0.2) is 0 Å². The van der Waals surface area contributed by atoms with E-state index in [-0.39, 0.29) is 0 Å². The molecule has 0 unspecified atom stereocenters. The van der Waals surface area contributed by atoms with Crippen LogP contribution in [0, 0.1) is 9.02 Å². The summed E-state index contributed by atoms with van der Waals surface area (Å²) in [5.41, 5.74) is 9.56. The number of rotatable bonds is 0. The molecule has 0 aromatic heterocycles. The zero-order valence-electron chi connectivity index (χ0n) is 29.7. The molecule has 0 saturated carbocycles. The van der Waals surface area contributed by atoms with Crippen LogP contribution in [0.15, 0.2) is 126 Å². The van der Waals surface area contributed by atoms with E-state index in [9.17, 15) is 0 Å². The molecule has 56 heavy (non-hydrogen) atoms. The first-order valence-electron chi connectivity index (χ1n) is 19.3. The van der Waals surface area contributed by atoms with E-state index in [0.717, 1.165) is 0 Å². The summed E-state index contributed by atoms with van der Waals surface area (Å²) in [6, 6.07) is 36.8. The summed E-state index contributed by atoms with van der Waals surface area (Å²) in [6.45, 7) is 0. The lowest BCUT2D eigenvalue weighted by molar-refractivity contribution is 1.02. The molecule has 0 amide bonds. The van der Waals surface area contributed by atoms with Gasteiger partial charge in [0.25, 0.3) is 0 Å². The first-order valence-corrected chi connectivity index (χ1v) is 29.0. The molecule has 2 aliphatic carbocycles. The molecule has 0 fully saturated rings. The van der Waals surface area contributed by atoms with Gasteiger partial charge in [0.15, 0.2) is 0 Å². The topological polar surface area (TPSA) is 0 Å². The number of hydrogen-bond acceptors (Lipinski definition) is 6. The van der Waals surface area contributed by atoms with E-state index in [0.29, 0.717) is 19.0 Å². The van der Waals surface area contributed by atoms with Crippen molar-refractivity contribution in [2.75, 3.05) is 0 Å².